The summed E-state index contributed by atoms with van der Waals surface area (Å²) in [5.41, 5.74) is 0. The van der Waals surface area contributed by atoms with Crippen LogP contribution in [0.3, 0.4) is 0 Å². The quantitative estimate of drug-likeness (QED) is 0.596. The summed E-state index contributed by atoms with van der Waals surface area (Å²) in [5, 5.41) is 13.1. The lowest BCUT2D eigenvalue weighted by molar-refractivity contribution is -0.135. The van der Waals surface area contributed by atoms with Crippen LogP contribution >= 0.6 is 0 Å². The zero-order valence-electron chi connectivity index (χ0n) is 8.67. The second-order valence-corrected chi connectivity index (χ2v) is 3.35. The molecular weight excluding hydrogens is 184 g/mol. The standard InChI is InChI=1S/C9H18N2O3/c1-3-4-7(2)5-10-9(14)11-6-8(12)13/h7H,3-6H2,1-2H3,(H,12,13)(H2,10,11,14). The van der Waals surface area contributed by atoms with E-state index < -0.39 is 12.0 Å². The maximum Gasteiger partial charge on any atom is 0.323 e. The molecule has 0 aromatic rings. The first-order valence-electron chi connectivity index (χ1n) is 4.79. The number of carboxylic acids is 1. The lowest BCUT2D eigenvalue weighted by Crippen LogP contribution is -2.40. The Morgan fingerprint density at radius 3 is 2.50 bits per heavy atom. The molecule has 0 aromatic carbocycles. The van der Waals surface area contributed by atoms with Crippen LogP contribution in [0.2, 0.25) is 0 Å². The van der Waals surface area contributed by atoms with Crippen molar-refractivity contribution in [3.63, 3.8) is 0 Å². The SMILES string of the molecule is CCCC(C)CNC(=O)NCC(=O)O. The molecule has 1 atom stereocenters. The maximum atomic E-state index is 11.0. The van der Waals surface area contributed by atoms with Gasteiger partial charge in [0.2, 0.25) is 0 Å². The van der Waals surface area contributed by atoms with E-state index in [4.69, 9.17) is 5.11 Å². The van der Waals surface area contributed by atoms with Crippen molar-refractivity contribution in [3.8, 4) is 0 Å². The summed E-state index contributed by atoms with van der Waals surface area (Å²) in [6.07, 6.45) is 2.14. The van der Waals surface area contributed by atoms with Crippen molar-refractivity contribution in [1.29, 1.82) is 0 Å². The molecule has 5 heteroatoms. The molecule has 0 bridgehead atoms. The zero-order valence-corrected chi connectivity index (χ0v) is 8.67. The Hall–Kier alpha value is -1.26. The van der Waals surface area contributed by atoms with Crippen molar-refractivity contribution in [3.05, 3.63) is 0 Å². The van der Waals surface area contributed by atoms with E-state index in [0.717, 1.165) is 12.8 Å². The number of rotatable bonds is 6. The highest BCUT2D eigenvalue weighted by atomic mass is 16.4. The van der Waals surface area contributed by atoms with Crippen LogP contribution in [-0.4, -0.2) is 30.2 Å². The first-order valence-corrected chi connectivity index (χ1v) is 4.79. The Labute approximate surface area is 83.9 Å². The third-order valence-electron chi connectivity index (χ3n) is 1.79. The maximum absolute atomic E-state index is 11.0. The molecule has 3 N–H and O–H groups in total. The van der Waals surface area contributed by atoms with Crippen LogP contribution in [0.15, 0.2) is 0 Å². The van der Waals surface area contributed by atoms with Gasteiger partial charge in [-0.2, -0.15) is 0 Å². The lowest BCUT2D eigenvalue weighted by atomic mass is 10.1. The number of urea groups is 1. The van der Waals surface area contributed by atoms with Crippen molar-refractivity contribution in [2.45, 2.75) is 26.7 Å². The van der Waals surface area contributed by atoms with Crippen molar-refractivity contribution in [2.75, 3.05) is 13.1 Å². The minimum Gasteiger partial charge on any atom is -0.480 e. The fourth-order valence-electron chi connectivity index (χ4n) is 1.08. The Kier molecular flexibility index (Phi) is 6.53. The molecule has 14 heavy (non-hydrogen) atoms. The number of nitrogens with one attached hydrogen (secondary N) is 2. The molecule has 2 amide bonds. The summed E-state index contributed by atoms with van der Waals surface area (Å²) in [7, 11) is 0. The average Bonchev–Trinajstić information content (AvgIpc) is 2.12. The summed E-state index contributed by atoms with van der Waals surface area (Å²) in [4.78, 5) is 21.1. The molecule has 0 saturated heterocycles. The van der Waals surface area contributed by atoms with E-state index in [9.17, 15) is 9.59 Å². The molecule has 0 spiro atoms. The van der Waals surface area contributed by atoms with Crippen molar-refractivity contribution in [1.82, 2.24) is 10.6 Å². The summed E-state index contributed by atoms with van der Waals surface area (Å²) in [6, 6.07) is -0.421. The van der Waals surface area contributed by atoms with Gasteiger partial charge in [-0.25, -0.2) is 4.79 Å². The predicted octanol–water partition coefficient (Wildman–Crippen LogP) is 0.806. The van der Waals surface area contributed by atoms with Crippen molar-refractivity contribution in [2.24, 2.45) is 5.92 Å². The summed E-state index contributed by atoms with van der Waals surface area (Å²) >= 11 is 0. The van der Waals surface area contributed by atoms with Gasteiger partial charge in [0, 0.05) is 6.54 Å². The molecule has 0 fully saturated rings. The van der Waals surface area contributed by atoms with Gasteiger partial charge in [-0.3, -0.25) is 4.79 Å². The van der Waals surface area contributed by atoms with Crippen LogP contribution in [0.1, 0.15) is 26.7 Å². The van der Waals surface area contributed by atoms with Gasteiger partial charge in [0.1, 0.15) is 6.54 Å². The smallest absolute Gasteiger partial charge is 0.323 e. The van der Waals surface area contributed by atoms with Gasteiger partial charge in [-0.15, -0.1) is 0 Å². The normalized spacial score (nSPS) is 11.9. The van der Waals surface area contributed by atoms with E-state index in [0.29, 0.717) is 12.5 Å². The topological polar surface area (TPSA) is 78.4 Å². The van der Waals surface area contributed by atoms with Crippen LogP contribution in [0.4, 0.5) is 4.79 Å². The molecule has 0 aliphatic rings. The average molecular weight is 202 g/mol. The van der Waals surface area contributed by atoms with Crippen molar-refractivity contribution >= 4 is 12.0 Å². The van der Waals surface area contributed by atoms with E-state index >= 15 is 0 Å². The van der Waals surface area contributed by atoms with Gasteiger partial charge < -0.3 is 15.7 Å². The van der Waals surface area contributed by atoms with Gasteiger partial charge in [-0.1, -0.05) is 20.3 Å². The van der Waals surface area contributed by atoms with E-state index in [1.54, 1.807) is 0 Å². The monoisotopic (exact) mass is 202 g/mol. The molecule has 0 aliphatic carbocycles. The number of carboxylic acid groups (broad SMARTS) is 1. The third-order valence-corrected chi connectivity index (χ3v) is 1.79. The van der Waals surface area contributed by atoms with Crippen molar-refractivity contribution < 1.29 is 14.7 Å². The molecular formula is C9H18N2O3. The molecule has 82 valence electrons. The number of amides is 2. The fourth-order valence-corrected chi connectivity index (χ4v) is 1.08. The summed E-state index contributed by atoms with van der Waals surface area (Å²) in [5.74, 6) is -0.614. The first-order chi connectivity index (χ1) is 6.56. The number of aliphatic carboxylic acids is 1. The number of carbonyl (C=O) groups excluding carboxylic acids is 1. The molecule has 1 unspecified atom stereocenters. The predicted molar refractivity (Wildman–Crippen MR) is 53.1 cm³/mol. The van der Waals surface area contributed by atoms with Gasteiger partial charge in [-0.05, 0) is 12.3 Å². The Morgan fingerprint density at radius 2 is 2.00 bits per heavy atom. The number of hydrogen-bond donors (Lipinski definition) is 3. The summed E-state index contributed by atoms with van der Waals surface area (Å²) < 4.78 is 0. The largest absolute Gasteiger partial charge is 0.480 e. The zero-order chi connectivity index (χ0) is 11.0. The van der Waals surface area contributed by atoms with E-state index in [1.165, 1.54) is 0 Å². The van der Waals surface area contributed by atoms with E-state index in [1.807, 2.05) is 6.92 Å². The number of hydrogen-bond acceptors (Lipinski definition) is 2. The Balaban J connectivity index is 3.48. The second-order valence-electron chi connectivity index (χ2n) is 3.35. The summed E-state index contributed by atoms with van der Waals surface area (Å²) in [6.45, 7) is 4.37. The Morgan fingerprint density at radius 1 is 1.36 bits per heavy atom. The van der Waals surface area contributed by atoms with E-state index in [-0.39, 0.29) is 6.54 Å². The highest BCUT2D eigenvalue weighted by Gasteiger charge is 2.05. The van der Waals surface area contributed by atoms with Gasteiger partial charge in [0.15, 0.2) is 0 Å². The number of carbonyl (C=O) groups is 2. The van der Waals surface area contributed by atoms with Crippen LogP contribution in [-0.2, 0) is 4.79 Å². The van der Waals surface area contributed by atoms with Gasteiger partial charge in [0.05, 0.1) is 0 Å². The highest BCUT2D eigenvalue weighted by molar-refractivity contribution is 5.79. The molecule has 0 aliphatic heterocycles. The van der Waals surface area contributed by atoms with Crippen LogP contribution in [0, 0.1) is 5.92 Å². The Bertz CT molecular complexity index is 194. The van der Waals surface area contributed by atoms with Gasteiger partial charge >= 0.3 is 12.0 Å². The second kappa shape index (κ2) is 7.17. The molecule has 5 nitrogen and oxygen atoms in total. The minimum absolute atomic E-state index is 0.339. The van der Waals surface area contributed by atoms with Crippen LogP contribution in [0.5, 0.6) is 0 Å². The molecule has 0 rings (SSSR count). The molecule has 0 heterocycles. The van der Waals surface area contributed by atoms with Crippen LogP contribution < -0.4 is 10.6 Å². The van der Waals surface area contributed by atoms with Gasteiger partial charge in [0.25, 0.3) is 0 Å². The fraction of sp³-hybridized carbons (Fsp3) is 0.778. The minimum atomic E-state index is -1.04. The highest BCUT2D eigenvalue weighted by Crippen LogP contribution is 2.02. The third kappa shape index (κ3) is 7.39. The van der Waals surface area contributed by atoms with E-state index in [2.05, 4.69) is 17.6 Å². The first kappa shape index (κ1) is 12.7. The molecule has 0 aromatic heterocycles. The molecule has 0 saturated carbocycles. The lowest BCUT2D eigenvalue weighted by Gasteiger charge is -2.11. The molecule has 0 radical (unpaired) electrons. The van der Waals surface area contributed by atoms with Crippen LogP contribution in [0.25, 0.3) is 0 Å².